The number of aliphatic hydroxyl groups excluding tert-OH is 1. The van der Waals surface area contributed by atoms with Crippen molar-refractivity contribution in [3.8, 4) is 0 Å². The molecule has 4 heteroatoms. The summed E-state index contributed by atoms with van der Waals surface area (Å²) in [5.41, 5.74) is 1.23. The van der Waals surface area contributed by atoms with Crippen LogP contribution in [0.5, 0.6) is 0 Å². The van der Waals surface area contributed by atoms with E-state index < -0.39 is 0 Å². The highest BCUT2D eigenvalue weighted by Gasteiger charge is 2.31. The Kier molecular flexibility index (Phi) is 4.40. The summed E-state index contributed by atoms with van der Waals surface area (Å²) in [5, 5.41) is 17.1. The molecule has 1 saturated carbocycles. The van der Waals surface area contributed by atoms with Crippen molar-refractivity contribution in [2.75, 3.05) is 6.61 Å². The lowest BCUT2D eigenvalue weighted by atomic mass is 10.1. The Bertz CT molecular complexity index is 371. The molecular formula is C14H25N3O. The monoisotopic (exact) mass is 251 g/mol. The van der Waals surface area contributed by atoms with Gasteiger partial charge in [-0.05, 0) is 46.0 Å². The first-order chi connectivity index (χ1) is 8.61. The van der Waals surface area contributed by atoms with E-state index in [1.807, 2.05) is 10.9 Å². The Hall–Kier alpha value is -0.870. The van der Waals surface area contributed by atoms with Crippen molar-refractivity contribution in [1.82, 2.24) is 15.1 Å². The minimum atomic E-state index is 0.270. The molecule has 0 saturated heterocycles. The van der Waals surface area contributed by atoms with Crippen molar-refractivity contribution < 1.29 is 5.11 Å². The highest BCUT2D eigenvalue weighted by molar-refractivity contribution is 5.10. The Balaban J connectivity index is 1.94. The van der Waals surface area contributed by atoms with Crippen LogP contribution in [-0.4, -0.2) is 27.5 Å². The lowest BCUT2D eigenvalue weighted by Gasteiger charge is -2.22. The smallest absolute Gasteiger partial charge is 0.0537 e. The topological polar surface area (TPSA) is 50.1 Å². The Morgan fingerprint density at radius 1 is 1.44 bits per heavy atom. The molecule has 0 aromatic carbocycles. The van der Waals surface area contributed by atoms with Crippen LogP contribution in [0.2, 0.25) is 0 Å². The Morgan fingerprint density at radius 2 is 2.17 bits per heavy atom. The first kappa shape index (κ1) is 13.6. The summed E-state index contributed by atoms with van der Waals surface area (Å²) in [6.07, 6.45) is 7.52. The van der Waals surface area contributed by atoms with Gasteiger partial charge in [0.1, 0.15) is 0 Å². The zero-order valence-electron chi connectivity index (χ0n) is 11.6. The molecule has 1 aliphatic rings. The Labute approximate surface area is 109 Å². The average Bonchev–Trinajstić information content (AvgIpc) is 3.04. The number of rotatable bonds is 7. The third kappa shape index (κ3) is 3.33. The molecule has 2 unspecified atom stereocenters. The molecule has 2 rings (SSSR count). The van der Waals surface area contributed by atoms with Gasteiger partial charge in [-0.1, -0.05) is 0 Å². The van der Waals surface area contributed by atoms with E-state index in [0.717, 1.165) is 12.3 Å². The van der Waals surface area contributed by atoms with Gasteiger partial charge in [0.2, 0.25) is 0 Å². The van der Waals surface area contributed by atoms with Crippen LogP contribution >= 0.6 is 0 Å². The standard InChI is InChI=1S/C14H25N3O/c1-10(2)17-9-13(8-15-17)11(3)16-14(6-7-18)12-4-5-12/h8-12,14,16,18H,4-7H2,1-3H3. The van der Waals surface area contributed by atoms with Crippen LogP contribution < -0.4 is 5.32 Å². The Morgan fingerprint density at radius 3 is 2.67 bits per heavy atom. The lowest BCUT2D eigenvalue weighted by molar-refractivity contribution is 0.250. The number of hydrogen-bond acceptors (Lipinski definition) is 3. The molecule has 2 atom stereocenters. The van der Waals surface area contributed by atoms with E-state index in [9.17, 15) is 0 Å². The minimum absolute atomic E-state index is 0.270. The second-order valence-corrected chi connectivity index (χ2v) is 5.69. The van der Waals surface area contributed by atoms with E-state index in [0.29, 0.717) is 18.1 Å². The largest absolute Gasteiger partial charge is 0.396 e. The predicted molar refractivity (Wildman–Crippen MR) is 72.4 cm³/mol. The number of aromatic nitrogens is 2. The molecule has 1 aromatic rings. The van der Waals surface area contributed by atoms with Gasteiger partial charge in [-0.25, -0.2) is 0 Å². The van der Waals surface area contributed by atoms with Crippen LogP contribution in [0, 0.1) is 5.92 Å². The molecule has 2 N–H and O–H groups in total. The van der Waals surface area contributed by atoms with Crippen molar-refractivity contribution in [1.29, 1.82) is 0 Å². The summed E-state index contributed by atoms with van der Waals surface area (Å²) >= 11 is 0. The second-order valence-electron chi connectivity index (χ2n) is 5.69. The minimum Gasteiger partial charge on any atom is -0.396 e. The highest BCUT2D eigenvalue weighted by Crippen LogP contribution is 2.35. The van der Waals surface area contributed by atoms with Crippen molar-refractivity contribution in [3.05, 3.63) is 18.0 Å². The fourth-order valence-corrected chi connectivity index (χ4v) is 2.37. The van der Waals surface area contributed by atoms with Crippen LogP contribution in [0.4, 0.5) is 0 Å². The van der Waals surface area contributed by atoms with E-state index in [-0.39, 0.29) is 6.61 Å². The van der Waals surface area contributed by atoms with E-state index in [1.54, 1.807) is 0 Å². The van der Waals surface area contributed by atoms with E-state index in [2.05, 4.69) is 37.4 Å². The van der Waals surface area contributed by atoms with Gasteiger partial charge >= 0.3 is 0 Å². The van der Waals surface area contributed by atoms with Crippen LogP contribution in [0.25, 0.3) is 0 Å². The normalized spacial score (nSPS) is 19.2. The second kappa shape index (κ2) is 5.85. The molecule has 0 bridgehead atoms. The van der Waals surface area contributed by atoms with Crippen molar-refractivity contribution in [2.45, 2.75) is 58.2 Å². The van der Waals surface area contributed by atoms with Gasteiger partial charge in [0.25, 0.3) is 0 Å². The van der Waals surface area contributed by atoms with Gasteiger partial charge in [0.15, 0.2) is 0 Å². The maximum absolute atomic E-state index is 9.12. The van der Waals surface area contributed by atoms with E-state index in [1.165, 1.54) is 18.4 Å². The summed E-state index contributed by atoms with van der Waals surface area (Å²) in [7, 11) is 0. The van der Waals surface area contributed by atoms with Crippen molar-refractivity contribution >= 4 is 0 Å². The lowest BCUT2D eigenvalue weighted by Crippen LogP contribution is -2.34. The van der Waals surface area contributed by atoms with Crippen LogP contribution in [0.1, 0.15) is 57.7 Å². The van der Waals surface area contributed by atoms with Crippen molar-refractivity contribution in [2.24, 2.45) is 5.92 Å². The molecule has 0 aliphatic heterocycles. The van der Waals surface area contributed by atoms with E-state index >= 15 is 0 Å². The molecule has 1 fully saturated rings. The third-order valence-corrected chi connectivity index (χ3v) is 3.75. The van der Waals surface area contributed by atoms with Crippen LogP contribution in [0.3, 0.4) is 0 Å². The SMILES string of the molecule is CC(NC(CCO)C1CC1)c1cnn(C(C)C)c1. The maximum atomic E-state index is 9.12. The molecular weight excluding hydrogens is 226 g/mol. The van der Waals surface area contributed by atoms with E-state index in [4.69, 9.17) is 5.11 Å². The van der Waals surface area contributed by atoms with Crippen LogP contribution in [-0.2, 0) is 0 Å². The maximum Gasteiger partial charge on any atom is 0.0537 e. The zero-order chi connectivity index (χ0) is 13.1. The van der Waals surface area contributed by atoms with Gasteiger partial charge in [0, 0.05) is 36.5 Å². The molecule has 102 valence electrons. The molecule has 1 aliphatic carbocycles. The summed E-state index contributed by atoms with van der Waals surface area (Å²) in [6, 6.07) is 1.16. The summed E-state index contributed by atoms with van der Waals surface area (Å²) in [6.45, 7) is 6.71. The molecule has 4 nitrogen and oxygen atoms in total. The first-order valence-corrected chi connectivity index (χ1v) is 7.02. The van der Waals surface area contributed by atoms with Gasteiger partial charge < -0.3 is 10.4 Å². The molecule has 18 heavy (non-hydrogen) atoms. The molecule has 0 radical (unpaired) electrons. The first-order valence-electron chi connectivity index (χ1n) is 7.02. The molecule has 1 heterocycles. The number of aliphatic hydroxyl groups is 1. The summed E-state index contributed by atoms with van der Waals surface area (Å²) in [5.74, 6) is 0.764. The van der Waals surface area contributed by atoms with Gasteiger partial charge in [-0.15, -0.1) is 0 Å². The predicted octanol–water partition coefficient (Wildman–Crippen LogP) is 2.28. The molecule has 0 amide bonds. The fraction of sp³-hybridized carbons (Fsp3) is 0.786. The summed E-state index contributed by atoms with van der Waals surface area (Å²) < 4.78 is 1.99. The zero-order valence-corrected chi connectivity index (χ0v) is 11.6. The average molecular weight is 251 g/mol. The quantitative estimate of drug-likeness (QED) is 0.781. The van der Waals surface area contributed by atoms with Crippen molar-refractivity contribution in [3.63, 3.8) is 0 Å². The van der Waals surface area contributed by atoms with Gasteiger partial charge in [0.05, 0.1) is 6.20 Å². The third-order valence-electron chi connectivity index (χ3n) is 3.75. The van der Waals surface area contributed by atoms with Gasteiger partial charge in [-0.3, -0.25) is 4.68 Å². The number of nitrogens with zero attached hydrogens (tertiary/aromatic N) is 2. The van der Waals surface area contributed by atoms with Gasteiger partial charge in [-0.2, -0.15) is 5.10 Å². The fourth-order valence-electron chi connectivity index (χ4n) is 2.37. The number of nitrogens with one attached hydrogen (secondary N) is 1. The number of hydrogen-bond donors (Lipinski definition) is 2. The van der Waals surface area contributed by atoms with Crippen LogP contribution in [0.15, 0.2) is 12.4 Å². The highest BCUT2D eigenvalue weighted by atomic mass is 16.3. The summed E-state index contributed by atoms with van der Waals surface area (Å²) in [4.78, 5) is 0. The molecule has 1 aromatic heterocycles. The molecule has 0 spiro atoms.